The van der Waals surface area contributed by atoms with E-state index in [4.69, 9.17) is 11.6 Å². The van der Waals surface area contributed by atoms with Gasteiger partial charge in [-0.05, 0) is 31.5 Å². The average Bonchev–Trinajstić information content (AvgIpc) is 2.39. The predicted octanol–water partition coefficient (Wildman–Crippen LogP) is 2.50. The standard InChI is InChI=1S/C14H16ClFN2O2/c1-3-4-11-14(20)18(8(2)13(19)17-11)12-6-5-9(15)7-10(12)16/h5-8,11H,3-4H2,1-2H3,(H,17,19). The van der Waals surface area contributed by atoms with Gasteiger partial charge in [-0.3, -0.25) is 14.5 Å². The maximum absolute atomic E-state index is 14.0. The van der Waals surface area contributed by atoms with Crippen LogP contribution in [0.1, 0.15) is 26.7 Å². The Morgan fingerprint density at radius 1 is 1.40 bits per heavy atom. The van der Waals surface area contributed by atoms with Gasteiger partial charge < -0.3 is 5.32 Å². The molecule has 6 heteroatoms. The Labute approximate surface area is 121 Å². The normalized spacial score (nSPS) is 22.9. The minimum atomic E-state index is -0.744. The van der Waals surface area contributed by atoms with Crippen LogP contribution in [0.2, 0.25) is 5.02 Å². The van der Waals surface area contributed by atoms with Gasteiger partial charge in [0.1, 0.15) is 17.9 Å². The molecule has 0 aromatic heterocycles. The third-order valence-electron chi connectivity index (χ3n) is 3.37. The van der Waals surface area contributed by atoms with Crippen LogP contribution in [0.15, 0.2) is 18.2 Å². The van der Waals surface area contributed by atoms with E-state index in [9.17, 15) is 14.0 Å². The quantitative estimate of drug-likeness (QED) is 0.932. The second-order valence-corrected chi connectivity index (χ2v) is 5.27. The Morgan fingerprint density at radius 2 is 2.10 bits per heavy atom. The molecule has 1 saturated heterocycles. The minimum Gasteiger partial charge on any atom is -0.342 e. The first-order valence-corrected chi connectivity index (χ1v) is 6.92. The molecule has 1 N–H and O–H groups in total. The van der Waals surface area contributed by atoms with Crippen molar-refractivity contribution in [3.05, 3.63) is 29.0 Å². The van der Waals surface area contributed by atoms with Crippen LogP contribution >= 0.6 is 11.6 Å². The number of rotatable bonds is 3. The first kappa shape index (κ1) is 14.8. The number of nitrogens with zero attached hydrogens (tertiary/aromatic N) is 1. The van der Waals surface area contributed by atoms with Crippen LogP contribution in [-0.4, -0.2) is 23.9 Å². The molecule has 0 radical (unpaired) electrons. The van der Waals surface area contributed by atoms with Crippen molar-refractivity contribution in [3.8, 4) is 0 Å². The molecule has 4 nitrogen and oxygen atoms in total. The highest BCUT2D eigenvalue weighted by molar-refractivity contribution is 6.30. The summed E-state index contributed by atoms with van der Waals surface area (Å²) < 4.78 is 14.0. The van der Waals surface area contributed by atoms with E-state index in [1.165, 1.54) is 17.0 Å². The summed E-state index contributed by atoms with van der Waals surface area (Å²) in [4.78, 5) is 25.6. The molecular formula is C14H16ClFN2O2. The number of anilines is 1. The number of nitrogens with one attached hydrogen (secondary N) is 1. The van der Waals surface area contributed by atoms with Crippen molar-refractivity contribution >= 4 is 29.1 Å². The van der Waals surface area contributed by atoms with Crippen molar-refractivity contribution in [1.82, 2.24) is 5.32 Å². The smallest absolute Gasteiger partial charge is 0.250 e. The van der Waals surface area contributed by atoms with E-state index >= 15 is 0 Å². The van der Waals surface area contributed by atoms with Crippen molar-refractivity contribution in [2.75, 3.05) is 4.90 Å². The van der Waals surface area contributed by atoms with Gasteiger partial charge in [-0.25, -0.2) is 4.39 Å². The molecule has 1 aromatic rings. The molecule has 0 bridgehead atoms. The van der Waals surface area contributed by atoms with Gasteiger partial charge in [0.05, 0.1) is 5.69 Å². The first-order valence-electron chi connectivity index (χ1n) is 6.54. The number of carbonyl (C=O) groups is 2. The van der Waals surface area contributed by atoms with Crippen molar-refractivity contribution in [2.24, 2.45) is 0 Å². The second-order valence-electron chi connectivity index (χ2n) is 4.83. The van der Waals surface area contributed by atoms with Crippen LogP contribution in [0.3, 0.4) is 0 Å². The van der Waals surface area contributed by atoms with Gasteiger partial charge in [-0.15, -0.1) is 0 Å². The Bertz CT molecular complexity index is 550. The maximum Gasteiger partial charge on any atom is 0.250 e. The molecule has 2 unspecified atom stereocenters. The number of carbonyl (C=O) groups excluding carboxylic acids is 2. The van der Waals surface area contributed by atoms with Gasteiger partial charge in [0, 0.05) is 5.02 Å². The van der Waals surface area contributed by atoms with Crippen molar-refractivity contribution < 1.29 is 14.0 Å². The lowest BCUT2D eigenvalue weighted by atomic mass is 10.0. The SMILES string of the molecule is CCCC1NC(=O)C(C)N(c2ccc(Cl)cc2F)C1=O. The second kappa shape index (κ2) is 5.79. The van der Waals surface area contributed by atoms with Crippen LogP contribution in [0.4, 0.5) is 10.1 Å². The van der Waals surface area contributed by atoms with E-state index < -0.39 is 17.9 Å². The molecule has 1 aromatic carbocycles. The van der Waals surface area contributed by atoms with Gasteiger partial charge >= 0.3 is 0 Å². The molecule has 0 spiro atoms. The molecular weight excluding hydrogens is 283 g/mol. The summed E-state index contributed by atoms with van der Waals surface area (Å²) in [6, 6.07) is 2.72. The zero-order valence-corrected chi connectivity index (χ0v) is 12.1. The Morgan fingerprint density at radius 3 is 2.70 bits per heavy atom. The lowest BCUT2D eigenvalue weighted by Crippen LogP contribution is -2.62. The molecule has 1 aliphatic rings. The van der Waals surface area contributed by atoms with Crippen LogP contribution < -0.4 is 10.2 Å². The molecule has 108 valence electrons. The highest BCUT2D eigenvalue weighted by Crippen LogP contribution is 2.27. The lowest BCUT2D eigenvalue weighted by Gasteiger charge is -2.37. The summed E-state index contributed by atoms with van der Waals surface area (Å²) in [5.74, 6) is -1.18. The summed E-state index contributed by atoms with van der Waals surface area (Å²) in [7, 11) is 0. The van der Waals surface area contributed by atoms with Crippen LogP contribution in [-0.2, 0) is 9.59 Å². The summed E-state index contributed by atoms with van der Waals surface area (Å²) in [6.07, 6.45) is 1.28. The van der Waals surface area contributed by atoms with Crippen molar-refractivity contribution in [1.29, 1.82) is 0 Å². The van der Waals surface area contributed by atoms with Crippen molar-refractivity contribution in [3.63, 3.8) is 0 Å². The van der Waals surface area contributed by atoms with Gasteiger partial charge in [0.15, 0.2) is 0 Å². The molecule has 2 rings (SSSR count). The Balaban J connectivity index is 2.40. The highest BCUT2D eigenvalue weighted by atomic mass is 35.5. The van der Waals surface area contributed by atoms with E-state index in [-0.39, 0.29) is 22.5 Å². The molecule has 2 amide bonds. The maximum atomic E-state index is 14.0. The van der Waals surface area contributed by atoms with Gasteiger partial charge in [0.25, 0.3) is 0 Å². The number of hydrogen-bond donors (Lipinski definition) is 1. The molecule has 1 heterocycles. The van der Waals surface area contributed by atoms with Crippen LogP contribution in [0, 0.1) is 5.82 Å². The summed E-state index contributed by atoms with van der Waals surface area (Å²) in [5.41, 5.74) is 0.0860. The number of benzene rings is 1. The van der Waals surface area contributed by atoms with Gasteiger partial charge in [-0.2, -0.15) is 0 Å². The summed E-state index contributed by atoms with van der Waals surface area (Å²) in [6.45, 7) is 3.49. The zero-order chi connectivity index (χ0) is 14.9. The fourth-order valence-electron chi connectivity index (χ4n) is 2.32. The third kappa shape index (κ3) is 2.63. The molecule has 0 aliphatic carbocycles. The highest BCUT2D eigenvalue weighted by Gasteiger charge is 2.39. The Hall–Kier alpha value is -1.62. The molecule has 1 fully saturated rings. The number of hydrogen-bond acceptors (Lipinski definition) is 2. The lowest BCUT2D eigenvalue weighted by molar-refractivity contribution is -0.133. The fraction of sp³-hybridized carbons (Fsp3) is 0.429. The van der Waals surface area contributed by atoms with Crippen LogP contribution in [0.25, 0.3) is 0 Å². The number of piperazine rings is 1. The van der Waals surface area contributed by atoms with E-state index in [1.807, 2.05) is 6.92 Å². The third-order valence-corrected chi connectivity index (χ3v) is 3.60. The Kier molecular flexibility index (Phi) is 4.28. The summed E-state index contributed by atoms with van der Waals surface area (Å²) >= 11 is 5.71. The van der Waals surface area contributed by atoms with Crippen LogP contribution in [0.5, 0.6) is 0 Å². The average molecular weight is 299 g/mol. The van der Waals surface area contributed by atoms with E-state index in [0.29, 0.717) is 6.42 Å². The molecule has 20 heavy (non-hydrogen) atoms. The first-order chi connectivity index (χ1) is 9.45. The largest absolute Gasteiger partial charge is 0.342 e. The molecule has 1 aliphatic heterocycles. The van der Waals surface area contributed by atoms with E-state index in [0.717, 1.165) is 12.5 Å². The molecule has 0 saturated carbocycles. The topological polar surface area (TPSA) is 49.4 Å². The number of halogens is 2. The monoisotopic (exact) mass is 298 g/mol. The van der Waals surface area contributed by atoms with Gasteiger partial charge in [0.2, 0.25) is 11.8 Å². The van der Waals surface area contributed by atoms with E-state index in [2.05, 4.69) is 5.32 Å². The minimum absolute atomic E-state index is 0.0860. The van der Waals surface area contributed by atoms with E-state index in [1.54, 1.807) is 6.92 Å². The number of amides is 2. The summed E-state index contributed by atoms with van der Waals surface area (Å²) in [5, 5.41) is 2.92. The van der Waals surface area contributed by atoms with Gasteiger partial charge in [-0.1, -0.05) is 24.9 Å². The predicted molar refractivity (Wildman–Crippen MR) is 75.2 cm³/mol. The fourth-order valence-corrected chi connectivity index (χ4v) is 2.48. The molecule has 2 atom stereocenters. The van der Waals surface area contributed by atoms with Crippen molar-refractivity contribution in [2.45, 2.75) is 38.8 Å². The zero-order valence-electron chi connectivity index (χ0n) is 11.3.